The highest BCUT2D eigenvalue weighted by molar-refractivity contribution is 5.85. The molecule has 1 aromatic rings. The van der Waals surface area contributed by atoms with Crippen molar-refractivity contribution in [1.29, 1.82) is 0 Å². The van der Waals surface area contributed by atoms with E-state index in [9.17, 15) is 4.79 Å². The van der Waals surface area contributed by atoms with Crippen molar-refractivity contribution in [2.75, 3.05) is 26.2 Å². The molecule has 1 aliphatic rings. The highest BCUT2D eigenvalue weighted by atomic mass is 35.5. The van der Waals surface area contributed by atoms with E-state index in [0.29, 0.717) is 12.5 Å². The smallest absolute Gasteiger partial charge is 0.404 e. The van der Waals surface area contributed by atoms with Crippen molar-refractivity contribution in [3.63, 3.8) is 0 Å². The Bertz CT molecular complexity index is 406. The van der Waals surface area contributed by atoms with Crippen LogP contribution in [0.5, 0.6) is 0 Å². The number of nitrogens with zero attached hydrogens (tertiary/aromatic N) is 1. The topological polar surface area (TPSA) is 52.6 Å². The van der Waals surface area contributed by atoms with Gasteiger partial charge in [0.15, 0.2) is 0 Å². The zero-order valence-corrected chi connectivity index (χ0v) is 13.1. The molecule has 0 saturated carbocycles. The first-order valence-electron chi connectivity index (χ1n) is 7.50. The normalized spacial score (nSPS) is 16.2. The summed E-state index contributed by atoms with van der Waals surface area (Å²) < 4.78 is 0. The molecule has 0 atom stereocenters. The van der Waals surface area contributed by atoms with E-state index in [0.717, 1.165) is 32.5 Å². The van der Waals surface area contributed by atoms with Gasteiger partial charge in [-0.3, -0.25) is 0 Å². The fraction of sp³-hybridized carbons (Fsp3) is 0.562. The Morgan fingerprint density at radius 2 is 1.86 bits per heavy atom. The summed E-state index contributed by atoms with van der Waals surface area (Å²) in [5, 5.41) is 10.9. The van der Waals surface area contributed by atoms with Crippen LogP contribution in [0, 0.1) is 0 Å². The van der Waals surface area contributed by atoms with Crippen LogP contribution in [-0.4, -0.2) is 42.3 Å². The first kappa shape index (κ1) is 17.8. The van der Waals surface area contributed by atoms with Crippen molar-refractivity contribution < 1.29 is 9.90 Å². The summed E-state index contributed by atoms with van der Waals surface area (Å²) in [5.74, 6) is 0.709. The molecule has 1 heterocycles. The van der Waals surface area contributed by atoms with Crippen LogP contribution in [0.25, 0.3) is 0 Å². The Hall–Kier alpha value is -1.26. The summed E-state index contributed by atoms with van der Waals surface area (Å²) in [4.78, 5) is 12.8. The number of piperidine rings is 1. The molecule has 1 fully saturated rings. The van der Waals surface area contributed by atoms with Crippen LogP contribution in [0.1, 0.15) is 37.2 Å². The molecule has 0 bridgehead atoms. The number of carboxylic acid groups (broad SMARTS) is 1. The number of hydrogen-bond acceptors (Lipinski definition) is 2. The Balaban J connectivity index is 0.00000220. The zero-order chi connectivity index (χ0) is 14.2. The lowest BCUT2D eigenvalue weighted by atomic mass is 9.89. The molecule has 0 radical (unpaired) electrons. The third-order valence-electron chi connectivity index (χ3n) is 4.04. The first-order chi connectivity index (χ1) is 9.75. The number of nitrogens with one attached hydrogen (secondary N) is 1. The molecule has 0 spiro atoms. The zero-order valence-electron chi connectivity index (χ0n) is 12.3. The number of likely N-dealkylation sites (tertiary alicyclic amines) is 1. The summed E-state index contributed by atoms with van der Waals surface area (Å²) >= 11 is 0. The van der Waals surface area contributed by atoms with Gasteiger partial charge in [-0.1, -0.05) is 30.3 Å². The molecular formula is C16H25ClN2O2. The molecule has 0 aromatic heterocycles. The van der Waals surface area contributed by atoms with Gasteiger partial charge in [-0.2, -0.15) is 0 Å². The Morgan fingerprint density at radius 3 is 2.48 bits per heavy atom. The monoisotopic (exact) mass is 312 g/mol. The molecular weight excluding hydrogens is 288 g/mol. The van der Waals surface area contributed by atoms with E-state index in [1.165, 1.54) is 18.4 Å². The lowest BCUT2D eigenvalue weighted by molar-refractivity contribution is 0.192. The molecule has 0 unspecified atom stereocenters. The van der Waals surface area contributed by atoms with Crippen LogP contribution < -0.4 is 5.32 Å². The van der Waals surface area contributed by atoms with Crippen molar-refractivity contribution in [1.82, 2.24) is 10.2 Å². The van der Waals surface area contributed by atoms with Gasteiger partial charge in [0.1, 0.15) is 0 Å². The molecule has 1 amide bonds. The van der Waals surface area contributed by atoms with E-state index in [2.05, 4.69) is 40.5 Å². The predicted octanol–water partition coefficient (Wildman–Crippen LogP) is 3.34. The quantitative estimate of drug-likeness (QED) is 0.792. The fourth-order valence-electron chi connectivity index (χ4n) is 2.87. The summed E-state index contributed by atoms with van der Waals surface area (Å²) in [5.41, 5.74) is 1.47. The van der Waals surface area contributed by atoms with Crippen molar-refractivity contribution in [2.45, 2.75) is 31.6 Å². The maximum absolute atomic E-state index is 10.3. The number of rotatable bonds is 6. The Labute approximate surface area is 132 Å². The number of benzene rings is 1. The maximum atomic E-state index is 10.3. The van der Waals surface area contributed by atoms with Gasteiger partial charge in [-0.25, -0.2) is 4.79 Å². The highest BCUT2D eigenvalue weighted by Gasteiger charge is 2.19. The first-order valence-corrected chi connectivity index (χ1v) is 7.50. The number of halogens is 1. The van der Waals surface area contributed by atoms with E-state index in [1.807, 2.05) is 0 Å². The standard InChI is InChI=1S/C16H24N2O2.ClH/c19-16(20)17-10-4-5-11-18-12-8-15(9-13-18)14-6-2-1-3-7-14;/h1-3,6-7,15,17H,4-5,8-13H2,(H,19,20);1H. The second-order valence-electron chi connectivity index (χ2n) is 5.47. The van der Waals surface area contributed by atoms with Crippen LogP contribution in [0.15, 0.2) is 30.3 Å². The minimum absolute atomic E-state index is 0. The van der Waals surface area contributed by atoms with Crippen molar-refractivity contribution in [3.8, 4) is 0 Å². The van der Waals surface area contributed by atoms with Crippen LogP contribution in [-0.2, 0) is 0 Å². The summed E-state index contributed by atoms with van der Waals surface area (Å²) in [6, 6.07) is 10.8. The average molecular weight is 313 g/mol. The third kappa shape index (κ3) is 6.36. The van der Waals surface area contributed by atoms with Gasteiger partial charge >= 0.3 is 6.09 Å². The van der Waals surface area contributed by atoms with E-state index >= 15 is 0 Å². The largest absolute Gasteiger partial charge is 0.465 e. The van der Waals surface area contributed by atoms with Crippen molar-refractivity contribution >= 4 is 18.5 Å². The molecule has 118 valence electrons. The molecule has 21 heavy (non-hydrogen) atoms. The molecule has 5 heteroatoms. The second-order valence-corrected chi connectivity index (χ2v) is 5.47. The Kier molecular flexibility index (Phi) is 8.16. The second kappa shape index (κ2) is 9.64. The van der Waals surface area contributed by atoms with Crippen LogP contribution in [0.3, 0.4) is 0 Å². The average Bonchev–Trinajstić information content (AvgIpc) is 2.48. The van der Waals surface area contributed by atoms with Gasteiger partial charge in [0.2, 0.25) is 0 Å². The lowest BCUT2D eigenvalue weighted by Gasteiger charge is -2.32. The maximum Gasteiger partial charge on any atom is 0.404 e. The number of unbranched alkanes of at least 4 members (excludes halogenated alkanes) is 1. The molecule has 0 aliphatic carbocycles. The van der Waals surface area contributed by atoms with Crippen LogP contribution >= 0.6 is 12.4 Å². The van der Waals surface area contributed by atoms with Gasteiger partial charge in [0.25, 0.3) is 0 Å². The van der Waals surface area contributed by atoms with Gasteiger partial charge in [-0.05, 0) is 56.8 Å². The Morgan fingerprint density at radius 1 is 1.19 bits per heavy atom. The summed E-state index contributed by atoms with van der Waals surface area (Å²) in [6.07, 6.45) is 3.53. The fourth-order valence-corrected chi connectivity index (χ4v) is 2.87. The summed E-state index contributed by atoms with van der Waals surface area (Å²) in [7, 11) is 0. The SMILES string of the molecule is Cl.O=C(O)NCCCCN1CCC(c2ccccc2)CC1. The number of carbonyl (C=O) groups is 1. The van der Waals surface area contributed by atoms with Gasteiger partial charge in [0.05, 0.1) is 0 Å². The molecule has 1 aliphatic heterocycles. The third-order valence-corrected chi connectivity index (χ3v) is 4.04. The van der Waals surface area contributed by atoms with E-state index in [1.54, 1.807) is 0 Å². The molecule has 2 rings (SSSR count). The van der Waals surface area contributed by atoms with E-state index in [4.69, 9.17) is 5.11 Å². The van der Waals surface area contributed by atoms with Crippen molar-refractivity contribution in [3.05, 3.63) is 35.9 Å². The number of hydrogen-bond donors (Lipinski definition) is 2. The van der Waals surface area contributed by atoms with Gasteiger partial charge in [0, 0.05) is 6.54 Å². The predicted molar refractivity (Wildman–Crippen MR) is 87.4 cm³/mol. The van der Waals surface area contributed by atoms with E-state index < -0.39 is 6.09 Å². The van der Waals surface area contributed by atoms with Crippen LogP contribution in [0.2, 0.25) is 0 Å². The van der Waals surface area contributed by atoms with Gasteiger partial charge < -0.3 is 15.3 Å². The van der Waals surface area contributed by atoms with Crippen molar-refractivity contribution in [2.24, 2.45) is 0 Å². The molecule has 4 nitrogen and oxygen atoms in total. The van der Waals surface area contributed by atoms with Crippen LogP contribution in [0.4, 0.5) is 4.79 Å². The lowest BCUT2D eigenvalue weighted by Crippen LogP contribution is -2.34. The molecule has 2 N–H and O–H groups in total. The van der Waals surface area contributed by atoms with Gasteiger partial charge in [-0.15, -0.1) is 12.4 Å². The minimum Gasteiger partial charge on any atom is -0.465 e. The molecule has 1 saturated heterocycles. The van der Waals surface area contributed by atoms with E-state index in [-0.39, 0.29) is 12.4 Å². The summed E-state index contributed by atoms with van der Waals surface area (Å²) in [6.45, 7) is 3.97. The molecule has 1 aromatic carbocycles. The minimum atomic E-state index is -0.923. The highest BCUT2D eigenvalue weighted by Crippen LogP contribution is 2.27. The number of amides is 1.